The van der Waals surface area contributed by atoms with Gasteiger partial charge >= 0.3 is 0 Å². The molecule has 0 N–H and O–H groups in total. The Morgan fingerprint density at radius 2 is 0.941 bits per heavy atom. The Morgan fingerprint density at radius 3 is 1.41 bits per heavy atom. The van der Waals surface area contributed by atoms with Gasteiger partial charge in [-0.1, -0.05) is 84.5 Å². The van der Waals surface area contributed by atoms with Gasteiger partial charge in [-0.2, -0.15) is 0 Å². The lowest BCUT2D eigenvalue weighted by Gasteiger charge is -2.07. The maximum atomic E-state index is 13.5. The van der Waals surface area contributed by atoms with Crippen molar-refractivity contribution in [3.63, 3.8) is 0 Å². The van der Waals surface area contributed by atoms with Crippen LogP contribution in [0.5, 0.6) is 0 Å². The Morgan fingerprint density at radius 1 is 0.588 bits per heavy atom. The molecule has 0 saturated heterocycles. The second kappa shape index (κ2) is 14.0. The van der Waals surface area contributed by atoms with Gasteiger partial charge in [0.25, 0.3) is 0 Å². The van der Waals surface area contributed by atoms with Crippen LogP contribution in [0.2, 0.25) is 0 Å². The van der Waals surface area contributed by atoms with Gasteiger partial charge in [-0.05, 0) is 12.8 Å². The van der Waals surface area contributed by atoms with E-state index < -0.39 is 6.17 Å². The van der Waals surface area contributed by atoms with Crippen molar-refractivity contribution in [1.29, 1.82) is 0 Å². The molecule has 104 valence electrons. The zero-order valence-corrected chi connectivity index (χ0v) is 12.1. The third kappa shape index (κ3) is 13.9. The van der Waals surface area contributed by atoms with Gasteiger partial charge in [0.05, 0.1) is 0 Å². The Balaban J connectivity index is 3.08. The van der Waals surface area contributed by atoms with E-state index >= 15 is 0 Å². The largest absolute Gasteiger partial charge is 0.247 e. The van der Waals surface area contributed by atoms with Crippen molar-refractivity contribution in [2.45, 2.75) is 103 Å². The number of unbranched alkanes of at least 4 members (excludes halogenated alkanes) is 9. The molecule has 0 aliphatic carbocycles. The SMILES string of the molecule is CCCCCCCCCC(F)CCCCCC. The molecule has 0 fully saturated rings. The van der Waals surface area contributed by atoms with Gasteiger partial charge in [0.15, 0.2) is 0 Å². The summed E-state index contributed by atoms with van der Waals surface area (Å²) in [6.07, 6.45) is 14.9. The highest BCUT2D eigenvalue weighted by atomic mass is 19.1. The lowest BCUT2D eigenvalue weighted by atomic mass is 10.0. The smallest absolute Gasteiger partial charge is 0.100 e. The van der Waals surface area contributed by atoms with E-state index in [1.165, 1.54) is 57.8 Å². The lowest BCUT2D eigenvalue weighted by Crippen LogP contribution is -1.99. The van der Waals surface area contributed by atoms with Gasteiger partial charge in [0, 0.05) is 0 Å². The minimum absolute atomic E-state index is 0.525. The van der Waals surface area contributed by atoms with Gasteiger partial charge in [0.1, 0.15) is 6.17 Å². The molecule has 0 bridgehead atoms. The van der Waals surface area contributed by atoms with Crippen LogP contribution in [0.1, 0.15) is 97.3 Å². The summed E-state index contributed by atoms with van der Waals surface area (Å²) < 4.78 is 13.5. The summed E-state index contributed by atoms with van der Waals surface area (Å²) >= 11 is 0. The van der Waals surface area contributed by atoms with E-state index in [1.807, 2.05) is 0 Å². The average molecular weight is 244 g/mol. The fourth-order valence-electron chi connectivity index (χ4n) is 2.26. The first-order valence-corrected chi connectivity index (χ1v) is 7.95. The molecule has 0 spiro atoms. The predicted octanol–water partition coefficient (Wildman–Crippen LogP) is 6.44. The van der Waals surface area contributed by atoms with E-state index in [1.54, 1.807) is 0 Å². The van der Waals surface area contributed by atoms with Crippen LogP contribution in [0.25, 0.3) is 0 Å². The van der Waals surface area contributed by atoms with Crippen molar-refractivity contribution < 1.29 is 4.39 Å². The molecule has 0 aromatic heterocycles. The van der Waals surface area contributed by atoms with Crippen LogP contribution >= 0.6 is 0 Å². The molecule has 0 heterocycles. The summed E-state index contributed by atoms with van der Waals surface area (Å²) in [5.41, 5.74) is 0. The number of alkyl halides is 1. The van der Waals surface area contributed by atoms with Crippen molar-refractivity contribution in [1.82, 2.24) is 0 Å². The first kappa shape index (κ1) is 16.9. The third-order valence-electron chi connectivity index (χ3n) is 3.49. The standard InChI is InChI=1S/C16H33F/c1-3-5-7-9-10-11-13-15-16(17)14-12-8-6-4-2/h16H,3-15H2,1-2H3. The number of hydrogen-bond donors (Lipinski definition) is 0. The minimum Gasteiger partial charge on any atom is -0.247 e. The second-order valence-electron chi connectivity index (χ2n) is 5.36. The summed E-state index contributed by atoms with van der Waals surface area (Å²) in [7, 11) is 0. The zero-order valence-electron chi connectivity index (χ0n) is 12.1. The van der Waals surface area contributed by atoms with Gasteiger partial charge < -0.3 is 0 Å². The van der Waals surface area contributed by atoms with E-state index in [-0.39, 0.29) is 0 Å². The maximum Gasteiger partial charge on any atom is 0.100 e. The number of halogens is 1. The third-order valence-corrected chi connectivity index (χ3v) is 3.49. The number of rotatable bonds is 13. The first-order chi connectivity index (χ1) is 8.31. The fraction of sp³-hybridized carbons (Fsp3) is 1.00. The van der Waals surface area contributed by atoms with Crippen LogP contribution < -0.4 is 0 Å². The summed E-state index contributed by atoms with van der Waals surface area (Å²) in [5, 5.41) is 0. The van der Waals surface area contributed by atoms with Crippen molar-refractivity contribution in [3.05, 3.63) is 0 Å². The molecule has 0 rings (SSSR count). The highest BCUT2D eigenvalue weighted by molar-refractivity contribution is 4.57. The molecule has 0 aromatic rings. The molecular formula is C16H33F. The Kier molecular flexibility index (Phi) is 13.9. The van der Waals surface area contributed by atoms with Gasteiger partial charge in [-0.15, -0.1) is 0 Å². The molecule has 0 aromatic carbocycles. The van der Waals surface area contributed by atoms with E-state index in [0.29, 0.717) is 0 Å². The second-order valence-corrected chi connectivity index (χ2v) is 5.36. The van der Waals surface area contributed by atoms with Crippen LogP contribution in [-0.2, 0) is 0 Å². The predicted molar refractivity (Wildman–Crippen MR) is 76.3 cm³/mol. The maximum absolute atomic E-state index is 13.5. The highest BCUT2D eigenvalue weighted by Gasteiger charge is 2.05. The molecule has 0 aliphatic heterocycles. The van der Waals surface area contributed by atoms with Crippen molar-refractivity contribution in [3.8, 4) is 0 Å². The highest BCUT2D eigenvalue weighted by Crippen LogP contribution is 2.15. The van der Waals surface area contributed by atoms with E-state index in [9.17, 15) is 4.39 Å². The van der Waals surface area contributed by atoms with E-state index in [4.69, 9.17) is 0 Å². The van der Waals surface area contributed by atoms with Crippen LogP contribution in [0, 0.1) is 0 Å². The lowest BCUT2D eigenvalue weighted by molar-refractivity contribution is 0.279. The topological polar surface area (TPSA) is 0 Å². The Hall–Kier alpha value is -0.0700. The zero-order chi connectivity index (χ0) is 12.8. The summed E-state index contributed by atoms with van der Waals surface area (Å²) in [5.74, 6) is 0. The quantitative estimate of drug-likeness (QED) is 0.327. The molecule has 0 amide bonds. The molecule has 0 nitrogen and oxygen atoms in total. The molecule has 1 unspecified atom stereocenters. The average Bonchev–Trinajstić information content (AvgIpc) is 2.33. The van der Waals surface area contributed by atoms with Gasteiger partial charge in [-0.3, -0.25) is 0 Å². The van der Waals surface area contributed by atoms with E-state index in [0.717, 1.165) is 25.7 Å². The normalized spacial score (nSPS) is 12.9. The molecular weight excluding hydrogens is 211 g/mol. The molecule has 17 heavy (non-hydrogen) atoms. The molecule has 0 saturated carbocycles. The Labute approximate surface area is 108 Å². The van der Waals surface area contributed by atoms with Gasteiger partial charge in [-0.25, -0.2) is 4.39 Å². The molecule has 1 heteroatoms. The molecule has 1 atom stereocenters. The number of hydrogen-bond acceptors (Lipinski definition) is 0. The van der Waals surface area contributed by atoms with Gasteiger partial charge in [0.2, 0.25) is 0 Å². The minimum atomic E-state index is -0.525. The monoisotopic (exact) mass is 244 g/mol. The summed E-state index contributed by atoms with van der Waals surface area (Å²) in [4.78, 5) is 0. The van der Waals surface area contributed by atoms with E-state index in [2.05, 4.69) is 13.8 Å². The molecule has 0 aliphatic rings. The van der Waals surface area contributed by atoms with Crippen LogP contribution in [-0.4, -0.2) is 6.17 Å². The summed E-state index contributed by atoms with van der Waals surface area (Å²) in [6.45, 7) is 4.44. The van der Waals surface area contributed by atoms with Crippen LogP contribution in [0.4, 0.5) is 4.39 Å². The van der Waals surface area contributed by atoms with Crippen LogP contribution in [0.15, 0.2) is 0 Å². The van der Waals surface area contributed by atoms with Crippen molar-refractivity contribution >= 4 is 0 Å². The van der Waals surface area contributed by atoms with Crippen molar-refractivity contribution in [2.75, 3.05) is 0 Å². The van der Waals surface area contributed by atoms with Crippen LogP contribution in [0.3, 0.4) is 0 Å². The fourth-order valence-corrected chi connectivity index (χ4v) is 2.26. The Bertz CT molecular complexity index is 133. The molecule has 0 radical (unpaired) electrons. The first-order valence-electron chi connectivity index (χ1n) is 7.95. The summed E-state index contributed by atoms with van der Waals surface area (Å²) in [6, 6.07) is 0. The van der Waals surface area contributed by atoms with Crippen molar-refractivity contribution in [2.24, 2.45) is 0 Å².